The molecule has 1 aliphatic rings. The van der Waals surface area contributed by atoms with Crippen LogP contribution in [-0.4, -0.2) is 12.6 Å². The fraction of sp³-hybridized carbons (Fsp3) is 0.647. The van der Waals surface area contributed by atoms with Crippen LogP contribution in [0.25, 0.3) is 0 Å². The van der Waals surface area contributed by atoms with Crippen LogP contribution in [0.3, 0.4) is 0 Å². The third-order valence-electron chi connectivity index (χ3n) is 4.57. The van der Waals surface area contributed by atoms with E-state index >= 15 is 0 Å². The number of rotatable bonds is 5. The average molecular weight is 261 g/mol. The minimum atomic E-state index is 0.163. The standard InChI is InChI=1S/C17H27NO/c1-3-14-9-10-16(12-18)17(11-14)19-13(2)15-7-5-4-6-8-15/h4-8,13-14,16-17H,3,9-12,18H2,1-2H3. The highest BCUT2D eigenvalue weighted by atomic mass is 16.5. The lowest BCUT2D eigenvalue weighted by Gasteiger charge is -2.36. The van der Waals surface area contributed by atoms with Crippen molar-refractivity contribution in [2.45, 2.75) is 51.7 Å². The molecular weight excluding hydrogens is 234 g/mol. The topological polar surface area (TPSA) is 35.2 Å². The lowest BCUT2D eigenvalue weighted by atomic mass is 9.78. The maximum atomic E-state index is 6.33. The van der Waals surface area contributed by atoms with Gasteiger partial charge in [0.25, 0.3) is 0 Å². The summed E-state index contributed by atoms with van der Waals surface area (Å²) in [5.41, 5.74) is 7.18. The van der Waals surface area contributed by atoms with Gasteiger partial charge in [-0.05, 0) is 50.1 Å². The molecule has 4 atom stereocenters. The SMILES string of the molecule is CCC1CCC(CN)C(OC(C)c2ccccc2)C1. The van der Waals surface area contributed by atoms with Crippen molar-refractivity contribution in [3.05, 3.63) is 35.9 Å². The van der Waals surface area contributed by atoms with Gasteiger partial charge in [0.05, 0.1) is 12.2 Å². The first-order valence-corrected chi connectivity index (χ1v) is 7.65. The number of nitrogens with two attached hydrogens (primary N) is 1. The fourth-order valence-corrected chi connectivity index (χ4v) is 3.15. The second-order valence-electron chi connectivity index (χ2n) is 5.81. The Morgan fingerprint density at radius 1 is 1.26 bits per heavy atom. The van der Waals surface area contributed by atoms with Crippen LogP contribution in [0.15, 0.2) is 30.3 Å². The molecule has 4 unspecified atom stereocenters. The molecule has 0 aliphatic heterocycles. The number of benzene rings is 1. The van der Waals surface area contributed by atoms with Crippen LogP contribution in [-0.2, 0) is 4.74 Å². The van der Waals surface area contributed by atoms with Crippen LogP contribution in [0.2, 0.25) is 0 Å². The molecule has 2 N–H and O–H groups in total. The molecule has 1 aliphatic carbocycles. The number of hydrogen-bond acceptors (Lipinski definition) is 2. The van der Waals surface area contributed by atoms with E-state index in [1.807, 2.05) is 6.07 Å². The first-order valence-electron chi connectivity index (χ1n) is 7.65. The summed E-state index contributed by atoms with van der Waals surface area (Å²) >= 11 is 0. The van der Waals surface area contributed by atoms with Gasteiger partial charge in [0, 0.05) is 0 Å². The molecule has 1 aromatic carbocycles. The van der Waals surface area contributed by atoms with E-state index in [0.717, 1.165) is 12.5 Å². The largest absolute Gasteiger partial charge is 0.370 e. The minimum Gasteiger partial charge on any atom is -0.370 e. The van der Waals surface area contributed by atoms with Crippen molar-refractivity contribution in [1.29, 1.82) is 0 Å². The average Bonchev–Trinajstić information content (AvgIpc) is 2.48. The van der Waals surface area contributed by atoms with E-state index in [-0.39, 0.29) is 6.10 Å². The molecule has 106 valence electrons. The van der Waals surface area contributed by atoms with Crippen molar-refractivity contribution >= 4 is 0 Å². The normalized spacial score (nSPS) is 29.1. The highest BCUT2D eigenvalue weighted by molar-refractivity contribution is 5.16. The summed E-state index contributed by atoms with van der Waals surface area (Å²) in [6.07, 6.45) is 5.47. The third kappa shape index (κ3) is 3.80. The first kappa shape index (κ1) is 14.5. The Morgan fingerprint density at radius 2 is 2.00 bits per heavy atom. The second kappa shape index (κ2) is 7.06. The zero-order valence-corrected chi connectivity index (χ0v) is 12.2. The van der Waals surface area contributed by atoms with E-state index in [9.17, 15) is 0 Å². The molecule has 2 nitrogen and oxygen atoms in total. The van der Waals surface area contributed by atoms with Gasteiger partial charge in [0.15, 0.2) is 0 Å². The molecule has 1 saturated carbocycles. The molecular formula is C17H27NO. The number of hydrogen-bond donors (Lipinski definition) is 1. The van der Waals surface area contributed by atoms with Gasteiger partial charge in [-0.2, -0.15) is 0 Å². The maximum Gasteiger partial charge on any atom is 0.0800 e. The minimum absolute atomic E-state index is 0.163. The van der Waals surface area contributed by atoms with Crippen LogP contribution in [0.1, 0.15) is 51.2 Å². The van der Waals surface area contributed by atoms with Gasteiger partial charge in [0.1, 0.15) is 0 Å². The predicted octanol–water partition coefficient (Wildman–Crippen LogP) is 3.92. The summed E-state index contributed by atoms with van der Waals surface area (Å²) in [5.74, 6) is 1.35. The molecule has 0 saturated heterocycles. The van der Waals surface area contributed by atoms with Gasteiger partial charge >= 0.3 is 0 Å². The van der Waals surface area contributed by atoms with Crippen molar-refractivity contribution in [1.82, 2.24) is 0 Å². The summed E-state index contributed by atoms with van der Waals surface area (Å²) in [4.78, 5) is 0. The molecule has 1 aromatic rings. The van der Waals surface area contributed by atoms with E-state index in [1.165, 1.54) is 31.2 Å². The Labute approximate surface area is 117 Å². The van der Waals surface area contributed by atoms with Crippen molar-refractivity contribution < 1.29 is 4.74 Å². The Kier molecular flexibility index (Phi) is 5.41. The van der Waals surface area contributed by atoms with Gasteiger partial charge in [-0.1, -0.05) is 43.7 Å². The van der Waals surface area contributed by atoms with Crippen LogP contribution in [0, 0.1) is 11.8 Å². The highest BCUT2D eigenvalue weighted by Crippen LogP contribution is 2.35. The van der Waals surface area contributed by atoms with Gasteiger partial charge < -0.3 is 10.5 Å². The van der Waals surface area contributed by atoms with Gasteiger partial charge in [-0.3, -0.25) is 0 Å². The molecule has 2 rings (SSSR count). The molecule has 2 heteroatoms. The lowest BCUT2D eigenvalue weighted by molar-refractivity contribution is -0.0637. The van der Waals surface area contributed by atoms with Gasteiger partial charge in [-0.25, -0.2) is 0 Å². The molecule has 0 spiro atoms. The van der Waals surface area contributed by atoms with Crippen molar-refractivity contribution in [2.24, 2.45) is 17.6 Å². The summed E-state index contributed by atoms with van der Waals surface area (Å²) in [7, 11) is 0. The van der Waals surface area contributed by atoms with Gasteiger partial charge in [0.2, 0.25) is 0 Å². The second-order valence-corrected chi connectivity index (χ2v) is 5.81. The van der Waals surface area contributed by atoms with E-state index in [2.05, 4.69) is 38.1 Å². The first-order chi connectivity index (χ1) is 9.24. The summed E-state index contributed by atoms with van der Waals surface area (Å²) < 4.78 is 6.33. The van der Waals surface area contributed by atoms with E-state index in [4.69, 9.17) is 10.5 Å². The van der Waals surface area contributed by atoms with Gasteiger partial charge in [-0.15, -0.1) is 0 Å². The zero-order valence-electron chi connectivity index (χ0n) is 12.2. The Morgan fingerprint density at radius 3 is 2.63 bits per heavy atom. The monoisotopic (exact) mass is 261 g/mol. The van der Waals surface area contributed by atoms with Crippen molar-refractivity contribution in [2.75, 3.05) is 6.54 Å². The molecule has 0 radical (unpaired) electrons. The van der Waals surface area contributed by atoms with E-state index in [1.54, 1.807) is 0 Å². The molecule has 0 amide bonds. The molecule has 1 fully saturated rings. The molecule has 19 heavy (non-hydrogen) atoms. The highest BCUT2D eigenvalue weighted by Gasteiger charge is 2.30. The fourth-order valence-electron chi connectivity index (χ4n) is 3.15. The summed E-state index contributed by atoms with van der Waals surface area (Å²) in [5, 5.41) is 0. The molecule has 0 heterocycles. The maximum absolute atomic E-state index is 6.33. The Hall–Kier alpha value is -0.860. The van der Waals surface area contributed by atoms with Crippen LogP contribution in [0.4, 0.5) is 0 Å². The Balaban J connectivity index is 1.98. The quantitative estimate of drug-likeness (QED) is 0.872. The number of ether oxygens (including phenoxy) is 1. The van der Waals surface area contributed by atoms with Crippen molar-refractivity contribution in [3.63, 3.8) is 0 Å². The smallest absolute Gasteiger partial charge is 0.0800 e. The van der Waals surface area contributed by atoms with Crippen LogP contribution < -0.4 is 5.73 Å². The third-order valence-corrected chi connectivity index (χ3v) is 4.57. The van der Waals surface area contributed by atoms with E-state index < -0.39 is 0 Å². The molecule has 0 bridgehead atoms. The van der Waals surface area contributed by atoms with Crippen molar-refractivity contribution in [3.8, 4) is 0 Å². The summed E-state index contributed by atoms with van der Waals surface area (Å²) in [6, 6.07) is 10.5. The summed E-state index contributed by atoms with van der Waals surface area (Å²) in [6.45, 7) is 5.19. The van der Waals surface area contributed by atoms with E-state index in [0.29, 0.717) is 12.0 Å². The Bertz CT molecular complexity index is 365. The predicted molar refractivity (Wildman–Crippen MR) is 79.9 cm³/mol. The lowest BCUT2D eigenvalue weighted by Crippen LogP contribution is -2.36. The zero-order chi connectivity index (χ0) is 13.7. The molecule has 0 aromatic heterocycles. The van der Waals surface area contributed by atoms with Crippen LogP contribution in [0.5, 0.6) is 0 Å². The van der Waals surface area contributed by atoms with Crippen LogP contribution >= 0.6 is 0 Å².